The molecule has 138 valence electrons. The summed E-state index contributed by atoms with van der Waals surface area (Å²) in [5.41, 5.74) is 1.11. The number of carboxylic acids is 1. The highest BCUT2D eigenvalue weighted by Crippen LogP contribution is 2.28. The Bertz CT molecular complexity index is 938. The maximum absolute atomic E-state index is 12.9. The minimum Gasteiger partial charge on any atom is -0.480 e. The molecule has 8 nitrogen and oxygen atoms in total. The molecule has 0 spiro atoms. The first kappa shape index (κ1) is 19.4. The predicted octanol–water partition coefficient (Wildman–Crippen LogP) is 2.75. The smallest absolute Gasteiger partial charge is 0.324 e. The van der Waals surface area contributed by atoms with Gasteiger partial charge in [0.15, 0.2) is 0 Å². The molecule has 0 aliphatic rings. The third-order valence-electron chi connectivity index (χ3n) is 3.88. The maximum atomic E-state index is 12.9. The molecule has 0 saturated carbocycles. The molecule has 0 atom stereocenters. The van der Waals surface area contributed by atoms with Crippen molar-refractivity contribution >= 4 is 27.4 Å². The number of hydrogen-bond acceptors (Lipinski definition) is 5. The molecule has 0 aromatic heterocycles. The Kier molecular flexibility index (Phi) is 5.61. The second-order valence-corrected chi connectivity index (χ2v) is 7.49. The number of aryl methyl sites for hydroxylation is 2. The molecule has 0 saturated heterocycles. The first-order valence-electron chi connectivity index (χ1n) is 7.75. The number of nitrogens with zero attached hydrogens (tertiary/aromatic N) is 2. The van der Waals surface area contributed by atoms with Gasteiger partial charge in [-0.2, -0.15) is 0 Å². The van der Waals surface area contributed by atoms with Gasteiger partial charge in [0.2, 0.25) is 0 Å². The largest absolute Gasteiger partial charge is 0.480 e. The Balaban J connectivity index is 2.57. The standard InChI is InChI=1S/C17H18N2O6S/c1-3-13-5-7-14(8-6-13)18(11-17(20)21)26(24,25)15-9-4-12(2)16(10-15)19(22)23/h4-10H,3,11H2,1-2H3,(H,20,21). The van der Waals surface area contributed by atoms with Crippen LogP contribution in [-0.4, -0.2) is 31.0 Å². The molecule has 0 radical (unpaired) electrons. The molecule has 0 aliphatic carbocycles. The van der Waals surface area contributed by atoms with Crippen LogP contribution in [0, 0.1) is 17.0 Å². The molecule has 2 aromatic rings. The number of aliphatic carboxylic acids is 1. The zero-order chi connectivity index (χ0) is 19.5. The molecular weight excluding hydrogens is 360 g/mol. The summed E-state index contributed by atoms with van der Waals surface area (Å²) < 4.78 is 26.6. The highest BCUT2D eigenvalue weighted by molar-refractivity contribution is 7.92. The van der Waals surface area contributed by atoms with Crippen molar-refractivity contribution < 1.29 is 23.2 Å². The van der Waals surface area contributed by atoms with E-state index in [1.807, 2.05) is 6.92 Å². The van der Waals surface area contributed by atoms with Gasteiger partial charge < -0.3 is 5.11 Å². The third-order valence-corrected chi connectivity index (χ3v) is 5.65. The highest BCUT2D eigenvalue weighted by Gasteiger charge is 2.29. The molecule has 0 bridgehead atoms. The molecule has 2 rings (SSSR count). The summed E-state index contributed by atoms with van der Waals surface area (Å²) in [6.45, 7) is 2.63. The van der Waals surface area contributed by atoms with Crippen molar-refractivity contribution in [2.75, 3.05) is 10.8 Å². The Hall–Kier alpha value is -2.94. The maximum Gasteiger partial charge on any atom is 0.324 e. The van der Waals surface area contributed by atoms with E-state index in [1.165, 1.54) is 31.2 Å². The van der Waals surface area contributed by atoms with Gasteiger partial charge in [-0.3, -0.25) is 19.2 Å². The number of anilines is 1. The van der Waals surface area contributed by atoms with Gasteiger partial charge >= 0.3 is 5.97 Å². The first-order valence-corrected chi connectivity index (χ1v) is 9.19. The van der Waals surface area contributed by atoms with E-state index in [0.717, 1.165) is 22.4 Å². The van der Waals surface area contributed by atoms with Crippen LogP contribution in [-0.2, 0) is 21.2 Å². The van der Waals surface area contributed by atoms with Gasteiger partial charge in [0.05, 0.1) is 15.5 Å². The molecule has 1 N–H and O–H groups in total. The molecule has 0 unspecified atom stereocenters. The lowest BCUT2D eigenvalue weighted by atomic mass is 10.1. The first-order chi connectivity index (χ1) is 12.2. The Morgan fingerprint density at radius 2 is 1.81 bits per heavy atom. The molecular formula is C17H18N2O6S. The fourth-order valence-corrected chi connectivity index (χ4v) is 3.84. The number of carbonyl (C=O) groups is 1. The van der Waals surface area contributed by atoms with Crippen LogP contribution >= 0.6 is 0 Å². The third kappa shape index (κ3) is 3.99. The van der Waals surface area contributed by atoms with Crippen molar-refractivity contribution in [1.82, 2.24) is 0 Å². The van der Waals surface area contributed by atoms with Crippen LogP contribution in [0.4, 0.5) is 11.4 Å². The summed E-state index contributed by atoms with van der Waals surface area (Å²) in [5, 5.41) is 20.2. The zero-order valence-corrected chi connectivity index (χ0v) is 15.1. The lowest BCUT2D eigenvalue weighted by molar-refractivity contribution is -0.385. The molecule has 0 aliphatic heterocycles. The fraction of sp³-hybridized carbons (Fsp3) is 0.235. The minimum absolute atomic E-state index is 0.174. The predicted molar refractivity (Wildman–Crippen MR) is 95.8 cm³/mol. The van der Waals surface area contributed by atoms with Gasteiger partial charge in [-0.05, 0) is 37.1 Å². The number of nitro groups is 1. The summed E-state index contributed by atoms with van der Waals surface area (Å²) in [7, 11) is -4.29. The lowest BCUT2D eigenvalue weighted by Crippen LogP contribution is -2.35. The van der Waals surface area contributed by atoms with E-state index in [1.54, 1.807) is 12.1 Å². The van der Waals surface area contributed by atoms with E-state index in [2.05, 4.69) is 0 Å². The van der Waals surface area contributed by atoms with Gasteiger partial charge in [0.1, 0.15) is 6.54 Å². The van der Waals surface area contributed by atoms with Crippen molar-refractivity contribution in [3.8, 4) is 0 Å². The monoisotopic (exact) mass is 378 g/mol. The number of benzene rings is 2. The zero-order valence-electron chi connectivity index (χ0n) is 14.2. The van der Waals surface area contributed by atoms with Gasteiger partial charge in [0, 0.05) is 11.6 Å². The summed E-state index contributed by atoms with van der Waals surface area (Å²) >= 11 is 0. The molecule has 9 heteroatoms. The van der Waals surface area contributed by atoms with Crippen molar-refractivity contribution in [2.24, 2.45) is 0 Å². The van der Waals surface area contributed by atoms with Gasteiger partial charge in [-0.25, -0.2) is 8.42 Å². The number of hydrogen-bond donors (Lipinski definition) is 1. The average Bonchev–Trinajstić information content (AvgIpc) is 2.59. The van der Waals surface area contributed by atoms with Crippen molar-refractivity contribution in [1.29, 1.82) is 0 Å². The Morgan fingerprint density at radius 3 is 2.31 bits per heavy atom. The van der Waals surface area contributed by atoms with E-state index < -0.39 is 27.5 Å². The molecule has 2 aromatic carbocycles. The Labute approximate surface area is 150 Å². The molecule has 0 fully saturated rings. The van der Waals surface area contributed by atoms with Crippen molar-refractivity contribution in [3.63, 3.8) is 0 Å². The van der Waals surface area contributed by atoms with Gasteiger partial charge in [-0.1, -0.05) is 25.1 Å². The van der Waals surface area contributed by atoms with Crippen LogP contribution in [0.3, 0.4) is 0 Å². The molecule has 26 heavy (non-hydrogen) atoms. The Morgan fingerprint density at radius 1 is 1.19 bits per heavy atom. The number of carboxylic acid groups (broad SMARTS) is 1. The van der Waals surface area contributed by atoms with Crippen LogP contribution in [0.5, 0.6) is 0 Å². The highest BCUT2D eigenvalue weighted by atomic mass is 32.2. The van der Waals surface area contributed by atoms with Crippen LogP contribution in [0.25, 0.3) is 0 Å². The van der Waals surface area contributed by atoms with Gasteiger partial charge in [-0.15, -0.1) is 0 Å². The summed E-state index contributed by atoms with van der Waals surface area (Å²) in [6, 6.07) is 9.94. The van der Waals surface area contributed by atoms with E-state index in [4.69, 9.17) is 5.11 Å². The average molecular weight is 378 g/mol. The summed E-state index contributed by atoms with van der Waals surface area (Å²) in [6.07, 6.45) is 0.746. The molecule has 0 heterocycles. The summed E-state index contributed by atoms with van der Waals surface area (Å²) in [4.78, 5) is 21.3. The van der Waals surface area contributed by atoms with E-state index in [-0.39, 0.29) is 16.3 Å². The number of rotatable bonds is 7. The molecule has 0 amide bonds. The van der Waals surface area contributed by atoms with Crippen LogP contribution < -0.4 is 4.31 Å². The van der Waals surface area contributed by atoms with Crippen molar-refractivity contribution in [3.05, 3.63) is 63.7 Å². The minimum atomic E-state index is -4.29. The van der Waals surface area contributed by atoms with Gasteiger partial charge in [0.25, 0.3) is 15.7 Å². The van der Waals surface area contributed by atoms with E-state index >= 15 is 0 Å². The fourth-order valence-electron chi connectivity index (χ4n) is 2.41. The second-order valence-electron chi connectivity index (χ2n) is 5.63. The quantitative estimate of drug-likeness (QED) is 0.585. The number of sulfonamides is 1. The van der Waals surface area contributed by atoms with Crippen LogP contribution in [0.15, 0.2) is 47.4 Å². The van der Waals surface area contributed by atoms with Crippen LogP contribution in [0.1, 0.15) is 18.1 Å². The normalized spacial score (nSPS) is 11.2. The summed E-state index contributed by atoms with van der Waals surface area (Å²) in [5.74, 6) is -1.34. The SMILES string of the molecule is CCc1ccc(N(CC(=O)O)S(=O)(=O)c2ccc(C)c([N+](=O)[O-])c2)cc1. The van der Waals surface area contributed by atoms with Crippen LogP contribution in [0.2, 0.25) is 0 Å². The lowest BCUT2D eigenvalue weighted by Gasteiger charge is -2.23. The topological polar surface area (TPSA) is 118 Å². The number of nitro benzene ring substituents is 1. The van der Waals surface area contributed by atoms with Crippen molar-refractivity contribution in [2.45, 2.75) is 25.2 Å². The van der Waals surface area contributed by atoms with E-state index in [9.17, 15) is 23.3 Å². The van der Waals surface area contributed by atoms with E-state index in [0.29, 0.717) is 5.56 Å². The second kappa shape index (κ2) is 7.52.